The maximum Gasteiger partial charge on any atom is 0.0810 e. The topological polar surface area (TPSA) is 21.3 Å². The fourth-order valence-corrected chi connectivity index (χ4v) is 3.78. The highest BCUT2D eigenvalue weighted by Crippen LogP contribution is 2.30. The monoisotopic (exact) mass is 267 g/mol. The van der Waals surface area contributed by atoms with Crippen molar-refractivity contribution in [1.82, 2.24) is 5.32 Å². The lowest BCUT2D eigenvalue weighted by molar-refractivity contribution is -0.0869. The van der Waals surface area contributed by atoms with Crippen LogP contribution in [0.5, 0.6) is 0 Å². The van der Waals surface area contributed by atoms with Gasteiger partial charge in [0.2, 0.25) is 0 Å². The van der Waals surface area contributed by atoms with Gasteiger partial charge in [-0.25, -0.2) is 0 Å². The van der Waals surface area contributed by atoms with Crippen molar-refractivity contribution in [1.29, 1.82) is 0 Å². The van der Waals surface area contributed by atoms with Gasteiger partial charge in [0.05, 0.1) is 5.60 Å². The molecule has 1 saturated heterocycles. The lowest BCUT2D eigenvalue weighted by Gasteiger charge is -2.40. The first-order valence-corrected chi connectivity index (χ1v) is 7.88. The van der Waals surface area contributed by atoms with Crippen molar-refractivity contribution in [2.75, 3.05) is 13.7 Å². The zero-order valence-corrected chi connectivity index (χ0v) is 12.6. The molecule has 18 heavy (non-hydrogen) atoms. The van der Waals surface area contributed by atoms with Crippen LogP contribution in [0.25, 0.3) is 0 Å². The Labute approximate surface area is 115 Å². The zero-order chi connectivity index (χ0) is 13.0. The molecule has 1 aliphatic heterocycles. The summed E-state index contributed by atoms with van der Waals surface area (Å²) in [6.45, 7) is 5.40. The highest BCUT2D eigenvalue weighted by molar-refractivity contribution is 7.11. The molecule has 0 aliphatic carbocycles. The maximum absolute atomic E-state index is 6.07. The third kappa shape index (κ3) is 3.14. The Balaban J connectivity index is 2.03. The van der Waals surface area contributed by atoms with E-state index in [0.717, 1.165) is 19.4 Å². The van der Waals surface area contributed by atoms with Crippen LogP contribution < -0.4 is 5.32 Å². The molecule has 102 valence electrons. The highest BCUT2D eigenvalue weighted by atomic mass is 32.1. The smallest absolute Gasteiger partial charge is 0.0810 e. The van der Waals surface area contributed by atoms with Crippen LogP contribution >= 0.6 is 11.3 Å². The second kappa shape index (κ2) is 6.18. The van der Waals surface area contributed by atoms with Crippen molar-refractivity contribution in [3.05, 3.63) is 21.9 Å². The second-order valence-electron chi connectivity index (χ2n) is 5.39. The van der Waals surface area contributed by atoms with Crippen LogP contribution in [0.1, 0.15) is 42.9 Å². The summed E-state index contributed by atoms with van der Waals surface area (Å²) < 4.78 is 6.07. The number of likely N-dealkylation sites (N-methyl/N-ethyl adjacent to an activating group) is 1. The quantitative estimate of drug-likeness (QED) is 0.883. The number of thiophene rings is 1. The number of aryl methyl sites for hydroxylation is 1. The van der Waals surface area contributed by atoms with E-state index in [1.165, 1.54) is 29.0 Å². The third-order valence-corrected chi connectivity index (χ3v) is 5.31. The Morgan fingerprint density at radius 3 is 2.72 bits per heavy atom. The second-order valence-corrected chi connectivity index (χ2v) is 6.64. The average Bonchev–Trinajstić information content (AvgIpc) is 2.84. The molecular formula is C15H25NOS. The SMILES string of the molecule is CCc1ccc(CC(NC)C2(C)CCCCO2)s1. The molecule has 2 atom stereocenters. The van der Waals surface area contributed by atoms with Gasteiger partial charge < -0.3 is 10.1 Å². The van der Waals surface area contributed by atoms with E-state index in [1.54, 1.807) is 0 Å². The van der Waals surface area contributed by atoms with Gasteiger partial charge in [0.1, 0.15) is 0 Å². The fraction of sp³-hybridized carbons (Fsp3) is 0.733. The minimum Gasteiger partial charge on any atom is -0.374 e. The van der Waals surface area contributed by atoms with E-state index in [9.17, 15) is 0 Å². The molecule has 1 N–H and O–H groups in total. The van der Waals surface area contributed by atoms with Crippen LogP contribution in [0, 0.1) is 0 Å². The molecule has 0 aromatic carbocycles. The molecular weight excluding hydrogens is 242 g/mol. The Morgan fingerprint density at radius 1 is 1.39 bits per heavy atom. The van der Waals surface area contributed by atoms with Gasteiger partial charge >= 0.3 is 0 Å². The molecule has 1 aromatic rings. The molecule has 0 amide bonds. The Morgan fingerprint density at radius 2 is 2.17 bits per heavy atom. The van der Waals surface area contributed by atoms with E-state index >= 15 is 0 Å². The molecule has 0 spiro atoms. The first-order valence-electron chi connectivity index (χ1n) is 7.07. The molecule has 2 heterocycles. The van der Waals surface area contributed by atoms with Gasteiger partial charge in [-0.3, -0.25) is 0 Å². The summed E-state index contributed by atoms with van der Waals surface area (Å²) in [5.41, 5.74) is 0.00334. The van der Waals surface area contributed by atoms with Crippen LogP contribution in [-0.2, 0) is 17.6 Å². The molecule has 1 aliphatic rings. The largest absolute Gasteiger partial charge is 0.374 e. The van der Waals surface area contributed by atoms with Crippen molar-refractivity contribution >= 4 is 11.3 Å². The standard InChI is InChI=1S/C15H25NOS/c1-4-12-7-8-13(18-12)11-14(16-3)15(2)9-5-6-10-17-15/h7-8,14,16H,4-6,9-11H2,1-3H3. The van der Waals surface area contributed by atoms with Crippen LogP contribution in [0.2, 0.25) is 0 Å². The van der Waals surface area contributed by atoms with E-state index in [0.29, 0.717) is 6.04 Å². The van der Waals surface area contributed by atoms with Gasteiger partial charge in [-0.05, 0) is 58.2 Å². The Bertz CT molecular complexity index is 368. The Kier molecular flexibility index (Phi) is 4.82. The number of rotatable bonds is 5. The Hall–Kier alpha value is -0.380. The highest BCUT2D eigenvalue weighted by Gasteiger charge is 2.36. The summed E-state index contributed by atoms with van der Waals surface area (Å²) >= 11 is 1.94. The molecule has 0 radical (unpaired) electrons. The lowest BCUT2D eigenvalue weighted by Crippen LogP contribution is -2.52. The van der Waals surface area contributed by atoms with Crippen molar-refractivity contribution in [3.63, 3.8) is 0 Å². The summed E-state index contributed by atoms with van der Waals surface area (Å²) in [6, 6.07) is 4.96. The van der Waals surface area contributed by atoms with Crippen molar-refractivity contribution < 1.29 is 4.74 Å². The van der Waals surface area contributed by atoms with Crippen LogP contribution in [0.15, 0.2) is 12.1 Å². The van der Waals surface area contributed by atoms with Gasteiger partial charge in [-0.15, -0.1) is 11.3 Å². The average molecular weight is 267 g/mol. The van der Waals surface area contributed by atoms with E-state index < -0.39 is 0 Å². The molecule has 2 rings (SSSR count). The third-order valence-electron chi connectivity index (χ3n) is 4.06. The fourth-order valence-electron chi connectivity index (χ4n) is 2.78. The van der Waals surface area contributed by atoms with Crippen LogP contribution in [0.4, 0.5) is 0 Å². The van der Waals surface area contributed by atoms with E-state index in [2.05, 4.69) is 38.3 Å². The van der Waals surface area contributed by atoms with Gasteiger partial charge in [0.15, 0.2) is 0 Å². The predicted molar refractivity (Wildman–Crippen MR) is 78.5 cm³/mol. The number of ether oxygens (including phenoxy) is 1. The van der Waals surface area contributed by atoms with E-state index in [-0.39, 0.29) is 5.60 Å². The molecule has 2 nitrogen and oxygen atoms in total. The number of hydrogen-bond donors (Lipinski definition) is 1. The van der Waals surface area contributed by atoms with Gasteiger partial charge in [-0.1, -0.05) is 6.92 Å². The first-order chi connectivity index (χ1) is 8.68. The van der Waals surface area contributed by atoms with Crippen molar-refractivity contribution in [2.24, 2.45) is 0 Å². The summed E-state index contributed by atoms with van der Waals surface area (Å²) in [5.74, 6) is 0. The summed E-state index contributed by atoms with van der Waals surface area (Å²) in [5, 5.41) is 3.47. The van der Waals surface area contributed by atoms with Crippen LogP contribution in [0.3, 0.4) is 0 Å². The predicted octanol–water partition coefficient (Wildman–Crippen LogP) is 3.40. The van der Waals surface area contributed by atoms with E-state index in [4.69, 9.17) is 4.74 Å². The van der Waals surface area contributed by atoms with Gasteiger partial charge in [0.25, 0.3) is 0 Å². The summed E-state index contributed by atoms with van der Waals surface area (Å²) in [4.78, 5) is 2.95. The molecule has 2 unspecified atom stereocenters. The first kappa shape index (κ1) is 14.0. The molecule has 3 heteroatoms. The molecule has 1 fully saturated rings. The van der Waals surface area contributed by atoms with Crippen molar-refractivity contribution in [3.8, 4) is 0 Å². The minimum atomic E-state index is 0.00334. The summed E-state index contributed by atoms with van der Waals surface area (Å²) in [6.07, 6.45) is 5.90. The normalized spacial score (nSPS) is 26.2. The van der Waals surface area contributed by atoms with Gasteiger partial charge in [0, 0.05) is 22.4 Å². The molecule has 1 aromatic heterocycles. The molecule has 0 saturated carbocycles. The summed E-state index contributed by atoms with van der Waals surface area (Å²) in [7, 11) is 2.06. The van der Waals surface area contributed by atoms with Crippen molar-refractivity contribution in [2.45, 2.75) is 57.6 Å². The zero-order valence-electron chi connectivity index (χ0n) is 11.8. The minimum absolute atomic E-state index is 0.00334. The maximum atomic E-state index is 6.07. The van der Waals surface area contributed by atoms with E-state index in [1.807, 2.05) is 11.3 Å². The number of hydrogen-bond acceptors (Lipinski definition) is 3. The lowest BCUT2D eigenvalue weighted by atomic mass is 9.86. The van der Waals surface area contributed by atoms with Crippen LogP contribution in [-0.4, -0.2) is 25.3 Å². The molecule has 0 bridgehead atoms. The van der Waals surface area contributed by atoms with Gasteiger partial charge in [-0.2, -0.15) is 0 Å². The number of nitrogens with one attached hydrogen (secondary N) is 1.